The Bertz CT molecular complexity index is 1400. The van der Waals surface area contributed by atoms with Gasteiger partial charge in [0.05, 0.1) is 22.5 Å². The molecule has 0 spiro atoms. The van der Waals surface area contributed by atoms with Crippen LogP contribution in [0.2, 0.25) is 0 Å². The van der Waals surface area contributed by atoms with Crippen molar-refractivity contribution in [2.75, 3.05) is 16.8 Å². The fourth-order valence-corrected chi connectivity index (χ4v) is 5.05. The number of carbonyl (C=O) groups is 4. The van der Waals surface area contributed by atoms with E-state index in [-0.39, 0.29) is 24.3 Å². The van der Waals surface area contributed by atoms with Gasteiger partial charge in [0.2, 0.25) is 11.8 Å². The molecule has 0 bridgehead atoms. The summed E-state index contributed by atoms with van der Waals surface area (Å²) in [6.45, 7) is 3.91. The Labute approximate surface area is 215 Å². The predicted molar refractivity (Wildman–Crippen MR) is 140 cm³/mol. The molecule has 2 heterocycles. The molecule has 188 valence electrons. The molecule has 8 heteroatoms. The van der Waals surface area contributed by atoms with Crippen LogP contribution >= 0.6 is 0 Å². The van der Waals surface area contributed by atoms with Gasteiger partial charge in [-0.15, -0.1) is 0 Å². The van der Waals surface area contributed by atoms with Crippen molar-refractivity contribution >= 4 is 35.0 Å². The topological polar surface area (TPSA) is 98.8 Å². The predicted octanol–water partition coefficient (Wildman–Crippen LogP) is 3.86. The molecule has 37 heavy (non-hydrogen) atoms. The number of hydrogen-bond donors (Lipinski definition) is 2. The number of nitrogens with zero attached hydrogens (tertiary/aromatic N) is 2. The van der Waals surface area contributed by atoms with Crippen molar-refractivity contribution in [2.24, 2.45) is 0 Å². The zero-order chi connectivity index (χ0) is 26.2. The molecule has 0 aromatic heterocycles. The molecule has 2 aliphatic heterocycles. The second kappa shape index (κ2) is 9.54. The largest absolute Gasteiger partial charge is 0.348 e. The maximum absolute atomic E-state index is 13.4. The summed E-state index contributed by atoms with van der Waals surface area (Å²) in [5, 5.41) is 5.69. The normalized spacial score (nSPS) is 18.3. The number of para-hydroxylation sites is 2. The summed E-state index contributed by atoms with van der Waals surface area (Å²) in [5.74, 6) is -1.15. The summed E-state index contributed by atoms with van der Waals surface area (Å²) >= 11 is 0. The summed E-state index contributed by atoms with van der Waals surface area (Å²) in [6.07, 6.45) is 0.720. The van der Waals surface area contributed by atoms with Crippen molar-refractivity contribution in [3.8, 4) is 0 Å². The molecule has 3 aromatic rings. The van der Waals surface area contributed by atoms with E-state index in [1.165, 1.54) is 4.90 Å². The van der Waals surface area contributed by atoms with E-state index in [0.717, 1.165) is 11.1 Å². The van der Waals surface area contributed by atoms with Gasteiger partial charge in [0.25, 0.3) is 11.8 Å². The SMILES string of the molecule is Cc1ccc(CNC(=O)c2ccccc2NC(=O)CN2C(=O)c3ccccc3N3C(=O)CCC23C)cc1. The molecule has 3 aromatic carbocycles. The van der Waals surface area contributed by atoms with Crippen LogP contribution in [0.15, 0.2) is 72.8 Å². The number of hydrogen-bond acceptors (Lipinski definition) is 4. The highest BCUT2D eigenvalue weighted by Gasteiger charge is 2.53. The molecule has 0 saturated carbocycles. The minimum Gasteiger partial charge on any atom is -0.348 e. The minimum absolute atomic E-state index is 0.0801. The first-order valence-electron chi connectivity index (χ1n) is 12.2. The van der Waals surface area contributed by atoms with Gasteiger partial charge in [-0.25, -0.2) is 0 Å². The molecule has 1 unspecified atom stereocenters. The van der Waals surface area contributed by atoms with Crippen LogP contribution in [0.5, 0.6) is 0 Å². The van der Waals surface area contributed by atoms with E-state index in [1.807, 2.05) is 38.1 Å². The van der Waals surface area contributed by atoms with Gasteiger partial charge in [0.15, 0.2) is 0 Å². The highest BCUT2D eigenvalue weighted by molar-refractivity contribution is 6.12. The Morgan fingerprint density at radius 2 is 1.65 bits per heavy atom. The van der Waals surface area contributed by atoms with Gasteiger partial charge < -0.3 is 15.5 Å². The van der Waals surface area contributed by atoms with E-state index in [1.54, 1.807) is 53.4 Å². The molecule has 0 radical (unpaired) electrons. The lowest BCUT2D eigenvalue weighted by molar-refractivity contribution is -0.120. The second-order valence-corrected chi connectivity index (χ2v) is 9.62. The Kier molecular flexibility index (Phi) is 6.25. The van der Waals surface area contributed by atoms with Crippen molar-refractivity contribution in [1.82, 2.24) is 10.2 Å². The van der Waals surface area contributed by atoms with Gasteiger partial charge in [0.1, 0.15) is 12.2 Å². The third-order valence-corrected chi connectivity index (χ3v) is 7.07. The van der Waals surface area contributed by atoms with Gasteiger partial charge in [-0.3, -0.25) is 24.1 Å². The van der Waals surface area contributed by atoms with E-state index >= 15 is 0 Å². The van der Waals surface area contributed by atoms with Crippen LogP contribution in [0, 0.1) is 6.92 Å². The number of carbonyl (C=O) groups excluding carboxylic acids is 4. The molecule has 1 fully saturated rings. The number of benzene rings is 3. The van der Waals surface area contributed by atoms with Crippen molar-refractivity contribution in [3.05, 3.63) is 95.1 Å². The molecule has 1 saturated heterocycles. The second-order valence-electron chi connectivity index (χ2n) is 9.62. The zero-order valence-electron chi connectivity index (χ0n) is 20.8. The van der Waals surface area contributed by atoms with E-state index in [0.29, 0.717) is 41.9 Å². The number of fused-ring (bicyclic) bond motifs is 3. The molecule has 8 nitrogen and oxygen atoms in total. The molecule has 4 amide bonds. The van der Waals surface area contributed by atoms with Gasteiger partial charge in [-0.05, 0) is 50.1 Å². The Morgan fingerprint density at radius 3 is 2.43 bits per heavy atom. The van der Waals surface area contributed by atoms with E-state index in [2.05, 4.69) is 10.6 Å². The lowest BCUT2D eigenvalue weighted by atomic mass is 9.98. The maximum atomic E-state index is 13.4. The lowest BCUT2D eigenvalue weighted by Crippen LogP contribution is -2.63. The van der Waals surface area contributed by atoms with Crippen molar-refractivity contribution in [1.29, 1.82) is 0 Å². The van der Waals surface area contributed by atoms with Crippen molar-refractivity contribution in [3.63, 3.8) is 0 Å². The van der Waals surface area contributed by atoms with Gasteiger partial charge in [0, 0.05) is 13.0 Å². The third kappa shape index (κ3) is 4.46. The summed E-state index contributed by atoms with van der Waals surface area (Å²) in [6, 6.07) is 21.6. The highest BCUT2D eigenvalue weighted by atomic mass is 16.2. The van der Waals surface area contributed by atoms with E-state index in [4.69, 9.17) is 0 Å². The maximum Gasteiger partial charge on any atom is 0.258 e. The van der Waals surface area contributed by atoms with Crippen LogP contribution in [-0.4, -0.2) is 40.7 Å². The first-order chi connectivity index (χ1) is 17.8. The summed E-state index contributed by atoms with van der Waals surface area (Å²) in [5.41, 5.74) is 2.80. The van der Waals surface area contributed by atoms with Crippen LogP contribution in [0.4, 0.5) is 11.4 Å². The lowest BCUT2D eigenvalue weighted by Gasteiger charge is -2.48. The van der Waals surface area contributed by atoms with E-state index < -0.39 is 11.6 Å². The summed E-state index contributed by atoms with van der Waals surface area (Å²) < 4.78 is 0. The highest BCUT2D eigenvalue weighted by Crippen LogP contribution is 2.43. The van der Waals surface area contributed by atoms with Gasteiger partial charge in [-0.2, -0.15) is 0 Å². The van der Waals surface area contributed by atoms with Crippen LogP contribution < -0.4 is 15.5 Å². The fraction of sp³-hybridized carbons (Fsp3) is 0.241. The quantitative estimate of drug-likeness (QED) is 0.541. The smallest absolute Gasteiger partial charge is 0.258 e. The zero-order valence-corrected chi connectivity index (χ0v) is 20.8. The summed E-state index contributed by atoms with van der Waals surface area (Å²) in [7, 11) is 0. The van der Waals surface area contributed by atoms with Crippen LogP contribution in [-0.2, 0) is 16.1 Å². The standard InChI is InChI=1S/C29H28N4O4/c1-19-11-13-20(14-12-19)17-30-27(36)21-7-3-5-9-23(21)31-25(34)18-32-28(37)22-8-4-6-10-24(22)33-26(35)15-16-29(32,33)2/h3-14H,15-18H2,1-2H3,(H,30,36)(H,31,34). The average Bonchev–Trinajstić information content (AvgIpc) is 3.21. The first kappa shape index (κ1) is 24.2. The third-order valence-electron chi connectivity index (χ3n) is 7.07. The van der Waals surface area contributed by atoms with E-state index in [9.17, 15) is 19.2 Å². The molecular formula is C29H28N4O4. The summed E-state index contributed by atoms with van der Waals surface area (Å²) in [4.78, 5) is 55.4. The molecule has 0 aliphatic carbocycles. The number of amides is 4. The average molecular weight is 497 g/mol. The van der Waals surface area contributed by atoms with Crippen molar-refractivity contribution < 1.29 is 19.2 Å². The molecule has 2 aliphatic rings. The Hall–Kier alpha value is -4.46. The van der Waals surface area contributed by atoms with Crippen LogP contribution in [0.3, 0.4) is 0 Å². The Morgan fingerprint density at radius 1 is 0.946 bits per heavy atom. The number of rotatable bonds is 6. The van der Waals surface area contributed by atoms with Crippen LogP contribution in [0.1, 0.15) is 51.6 Å². The number of nitrogens with one attached hydrogen (secondary N) is 2. The van der Waals surface area contributed by atoms with Gasteiger partial charge >= 0.3 is 0 Å². The van der Waals surface area contributed by atoms with Crippen LogP contribution in [0.25, 0.3) is 0 Å². The molecule has 2 N–H and O–H groups in total. The minimum atomic E-state index is -0.940. The molecular weight excluding hydrogens is 468 g/mol. The van der Waals surface area contributed by atoms with Gasteiger partial charge in [-0.1, -0.05) is 54.1 Å². The number of anilines is 2. The Balaban J connectivity index is 1.33. The van der Waals surface area contributed by atoms with Crippen molar-refractivity contribution in [2.45, 2.75) is 38.9 Å². The monoisotopic (exact) mass is 496 g/mol. The molecule has 5 rings (SSSR count). The molecule has 1 atom stereocenters. The first-order valence-corrected chi connectivity index (χ1v) is 12.2. The fourth-order valence-electron chi connectivity index (χ4n) is 5.05. The number of aryl methyl sites for hydroxylation is 1.